The highest BCUT2D eigenvalue weighted by atomic mass is 32.2. The van der Waals surface area contributed by atoms with Gasteiger partial charge >= 0.3 is 5.97 Å². The first-order chi connectivity index (χ1) is 13.4. The summed E-state index contributed by atoms with van der Waals surface area (Å²) in [5.41, 5.74) is 3.23. The molecule has 0 spiro atoms. The lowest BCUT2D eigenvalue weighted by Crippen LogP contribution is -2.28. The van der Waals surface area contributed by atoms with Gasteiger partial charge in [0.05, 0.1) is 20.0 Å². The molecule has 0 heterocycles. The molecule has 0 radical (unpaired) electrons. The molecule has 2 aromatic rings. The Labute approximate surface area is 169 Å². The molecular weight excluding hydrogens is 378 g/mol. The molecule has 0 saturated carbocycles. The number of hydrogen-bond acceptors (Lipinski definition) is 6. The summed E-state index contributed by atoms with van der Waals surface area (Å²) in [6, 6.07) is 11.4. The van der Waals surface area contributed by atoms with Gasteiger partial charge in [0.2, 0.25) is 0 Å². The molecular formula is C21H25NO5S. The van der Waals surface area contributed by atoms with Crippen molar-refractivity contribution in [3.05, 3.63) is 53.1 Å². The Morgan fingerprint density at radius 2 is 1.71 bits per heavy atom. The molecule has 0 aliphatic rings. The summed E-state index contributed by atoms with van der Waals surface area (Å²) in [4.78, 5) is 24.7. The molecule has 0 bridgehead atoms. The number of rotatable bonds is 9. The molecule has 6 nitrogen and oxygen atoms in total. The number of carbonyl (C=O) groups is 2. The van der Waals surface area contributed by atoms with Gasteiger partial charge in [0.25, 0.3) is 5.91 Å². The molecule has 2 rings (SSSR count). The number of esters is 1. The monoisotopic (exact) mass is 403 g/mol. The van der Waals surface area contributed by atoms with E-state index in [9.17, 15) is 9.59 Å². The van der Waals surface area contributed by atoms with Crippen LogP contribution in [0.4, 0.5) is 0 Å². The van der Waals surface area contributed by atoms with Crippen LogP contribution < -0.4 is 14.8 Å². The van der Waals surface area contributed by atoms with Crippen molar-refractivity contribution in [2.75, 3.05) is 26.6 Å². The van der Waals surface area contributed by atoms with Crippen LogP contribution in [0.1, 0.15) is 16.7 Å². The second kappa shape index (κ2) is 10.6. The molecule has 7 heteroatoms. The van der Waals surface area contributed by atoms with E-state index in [1.54, 1.807) is 26.4 Å². The highest BCUT2D eigenvalue weighted by Gasteiger charge is 2.10. The molecule has 150 valence electrons. The van der Waals surface area contributed by atoms with Crippen molar-refractivity contribution in [2.24, 2.45) is 0 Å². The van der Waals surface area contributed by atoms with E-state index in [4.69, 9.17) is 14.2 Å². The summed E-state index contributed by atoms with van der Waals surface area (Å²) in [6.07, 6.45) is 0. The van der Waals surface area contributed by atoms with Gasteiger partial charge in [0.15, 0.2) is 18.1 Å². The van der Waals surface area contributed by atoms with Crippen LogP contribution in [0, 0.1) is 13.8 Å². The molecule has 0 fully saturated rings. The molecule has 1 amide bonds. The van der Waals surface area contributed by atoms with E-state index >= 15 is 0 Å². The van der Waals surface area contributed by atoms with Crippen molar-refractivity contribution in [1.82, 2.24) is 5.32 Å². The number of thioether (sulfide) groups is 1. The molecule has 28 heavy (non-hydrogen) atoms. The minimum Gasteiger partial charge on any atom is -0.493 e. The molecule has 2 aromatic carbocycles. The zero-order valence-corrected chi connectivity index (χ0v) is 17.4. The lowest BCUT2D eigenvalue weighted by atomic mass is 10.1. The second-order valence-electron chi connectivity index (χ2n) is 6.16. The number of ether oxygens (including phenoxy) is 3. The quantitative estimate of drug-likeness (QED) is 0.512. The van der Waals surface area contributed by atoms with Gasteiger partial charge in [0, 0.05) is 11.4 Å². The maximum absolute atomic E-state index is 11.9. The molecule has 0 atom stereocenters. The topological polar surface area (TPSA) is 73.9 Å². The minimum absolute atomic E-state index is 0.158. The fourth-order valence-electron chi connectivity index (χ4n) is 2.38. The number of hydrogen-bond donors (Lipinski definition) is 1. The predicted molar refractivity (Wildman–Crippen MR) is 109 cm³/mol. The summed E-state index contributed by atoms with van der Waals surface area (Å²) in [5.74, 6) is 0.575. The summed E-state index contributed by atoms with van der Waals surface area (Å²) in [7, 11) is 3.11. The Bertz CT molecular complexity index is 838. The van der Waals surface area contributed by atoms with E-state index in [1.165, 1.54) is 22.9 Å². The van der Waals surface area contributed by atoms with Crippen molar-refractivity contribution in [1.29, 1.82) is 0 Å². The predicted octanol–water partition coefficient (Wildman–Crippen LogP) is 3.27. The van der Waals surface area contributed by atoms with Crippen LogP contribution in [0.25, 0.3) is 0 Å². The lowest BCUT2D eigenvalue weighted by molar-refractivity contribution is -0.145. The first-order valence-electron chi connectivity index (χ1n) is 8.76. The van der Waals surface area contributed by atoms with E-state index in [1.807, 2.05) is 38.1 Å². The largest absolute Gasteiger partial charge is 0.493 e. The zero-order chi connectivity index (χ0) is 20.5. The number of methoxy groups -OCH3 is 2. The fourth-order valence-corrected chi connectivity index (χ4v) is 3.17. The van der Waals surface area contributed by atoms with E-state index in [-0.39, 0.29) is 18.3 Å². The third kappa shape index (κ3) is 6.49. The smallest absolute Gasteiger partial charge is 0.316 e. The Morgan fingerprint density at radius 1 is 0.964 bits per heavy atom. The molecule has 0 unspecified atom stereocenters. The van der Waals surface area contributed by atoms with Gasteiger partial charge in [-0.3, -0.25) is 9.59 Å². The zero-order valence-electron chi connectivity index (χ0n) is 16.5. The fraction of sp³-hybridized carbons (Fsp3) is 0.333. The van der Waals surface area contributed by atoms with Crippen LogP contribution >= 0.6 is 11.8 Å². The normalized spacial score (nSPS) is 10.3. The lowest BCUT2D eigenvalue weighted by Gasteiger charge is -2.10. The third-order valence-electron chi connectivity index (χ3n) is 4.14. The van der Waals surface area contributed by atoms with Crippen LogP contribution in [0.5, 0.6) is 11.5 Å². The standard InChI is InChI=1S/C21H25NO5S/c1-14-5-7-17(9-15(14)2)28-13-21(24)27-12-20(23)22-11-16-6-8-18(25-3)19(10-16)26-4/h5-10H,11-13H2,1-4H3,(H,22,23). The van der Waals surface area contributed by atoms with Crippen molar-refractivity contribution in [3.8, 4) is 11.5 Å². The minimum atomic E-state index is -0.426. The first-order valence-corrected chi connectivity index (χ1v) is 9.74. The van der Waals surface area contributed by atoms with E-state index in [0.29, 0.717) is 18.0 Å². The number of amides is 1. The summed E-state index contributed by atoms with van der Waals surface area (Å²) in [5, 5.41) is 2.71. The van der Waals surface area contributed by atoms with E-state index in [2.05, 4.69) is 5.32 Å². The Kier molecular flexibility index (Phi) is 8.19. The average molecular weight is 404 g/mol. The van der Waals surface area contributed by atoms with Crippen LogP contribution in [0.15, 0.2) is 41.3 Å². The number of benzene rings is 2. The Morgan fingerprint density at radius 3 is 2.39 bits per heavy atom. The van der Waals surface area contributed by atoms with Crippen molar-refractivity contribution in [3.63, 3.8) is 0 Å². The van der Waals surface area contributed by atoms with Crippen molar-refractivity contribution < 1.29 is 23.8 Å². The average Bonchev–Trinajstić information content (AvgIpc) is 2.71. The molecule has 0 aliphatic carbocycles. The first kappa shape index (κ1) is 21.6. The van der Waals surface area contributed by atoms with Gasteiger partial charge in [0.1, 0.15) is 0 Å². The SMILES string of the molecule is COc1ccc(CNC(=O)COC(=O)CSc2ccc(C)c(C)c2)cc1OC. The van der Waals surface area contributed by atoms with Crippen LogP contribution in [0.3, 0.4) is 0 Å². The van der Waals surface area contributed by atoms with Gasteiger partial charge in [-0.05, 0) is 54.8 Å². The molecule has 0 aliphatic heterocycles. The maximum Gasteiger partial charge on any atom is 0.316 e. The van der Waals surface area contributed by atoms with Gasteiger partial charge < -0.3 is 19.5 Å². The summed E-state index contributed by atoms with van der Waals surface area (Å²) in [6.45, 7) is 4.06. The van der Waals surface area contributed by atoms with Crippen LogP contribution in [-0.4, -0.2) is 38.5 Å². The maximum atomic E-state index is 11.9. The number of carbonyl (C=O) groups excluding carboxylic acids is 2. The van der Waals surface area contributed by atoms with Gasteiger partial charge in [-0.2, -0.15) is 0 Å². The van der Waals surface area contributed by atoms with Crippen molar-refractivity contribution >= 4 is 23.6 Å². The Balaban J connectivity index is 1.73. The molecule has 0 aromatic heterocycles. The summed E-state index contributed by atoms with van der Waals surface area (Å²) >= 11 is 1.39. The molecule has 1 N–H and O–H groups in total. The van der Waals surface area contributed by atoms with Crippen molar-refractivity contribution in [2.45, 2.75) is 25.3 Å². The van der Waals surface area contributed by atoms with E-state index < -0.39 is 5.97 Å². The van der Waals surface area contributed by atoms with E-state index in [0.717, 1.165) is 10.5 Å². The summed E-state index contributed by atoms with van der Waals surface area (Å²) < 4.78 is 15.4. The number of aryl methyl sites for hydroxylation is 2. The molecule has 0 saturated heterocycles. The second-order valence-corrected chi connectivity index (χ2v) is 7.21. The highest BCUT2D eigenvalue weighted by Crippen LogP contribution is 2.27. The van der Waals surface area contributed by atoms with Gasteiger partial charge in [-0.25, -0.2) is 0 Å². The van der Waals surface area contributed by atoms with Crippen LogP contribution in [0.2, 0.25) is 0 Å². The highest BCUT2D eigenvalue weighted by molar-refractivity contribution is 8.00. The van der Waals surface area contributed by atoms with Gasteiger partial charge in [-0.15, -0.1) is 11.8 Å². The Hall–Kier alpha value is -2.67. The van der Waals surface area contributed by atoms with Gasteiger partial charge in [-0.1, -0.05) is 12.1 Å². The third-order valence-corrected chi connectivity index (χ3v) is 5.10. The van der Waals surface area contributed by atoms with Crippen LogP contribution in [-0.2, 0) is 20.9 Å². The number of nitrogens with one attached hydrogen (secondary N) is 1.